The quantitative estimate of drug-likeness (QED) is 0.214. The maximum Gasteiger partial charge on any atom is 0.262 e. The molecule has 46 heavy (non-hydrogen) atoms. The number of ether oxygens (including phenoxy) is 2. The number of morpholine rings is 1. The Balaban J connectivity index is 1.44. The summed E-state index contributed by atoms with van der Waals surface area (Å²) >= 11 is 13.4. The number of aromatic amines is 1. The number of H-pyrrole nitrogens is 1. The normalized spacial score (nSPS) is 14.5. The molecule has 0 aliphatic carbocycles. The van der Waals surface area contributed by atoms with Crippen LogP contribution in [0.25, 0.3) is 16.7 Å². The molecular weight excluding hydrogens is 655 g/mol. The van der Waals surface area contributed by atoms with E-state index in [1.807, 2.05) is 38.1 Å². The number of aliphatic hydroxyl groups is 1. The third kappa shape index (κ3) is 7.41. The van der Waals surface area contributed by atoms with Gasteiger partial charge < -0.3 is 19.6 Å². The smallest absolute Gasteiger partial charge is 0.262 e. The summed E-state index contributed by atoms with van der Waals surface area (Å²) in [7, 11) is -3.98. The maximum absolute atomic E-state index is 13.4. The van der Waals surface area contributed by atoms with Gasteiger partial charge in [0.2, 0.25) is 10.0 Å². The second-order valence-electron chi connectivity index (χ2n) is 11.2. The first kappa shape index (κ1) is 34.3. The Kier molecular flexibility index (Phi) is 11.0. The highest BCUT2D eigenvalue weighted by Crippen LogP contribution is 2.35. The van der Waals surface area contributed by atoms with Crippen LogP contribution in [0.5, 0.6) is 5.75 Å². The topological polar surface area (TPSA) is 143 Å². The number of aromatic nitrogens is 4. The van der Waals surface area contributed by atoms with Gasteiger partial charge in [-0.05, 0) is 35.7 Å². The number of rotatable bonds is 13. The van der Waals surface area contributed by atoms with Crippen LogP contribution in [0.4, 0.5) is 0 Å². The number of hydrogen-bond donors (Lipinski definition) is 2. The number of aliphatic hydroxyl groups excluding tert-OH is 1. The largest absolute Gasteiger partial charge is 0.492 e. The lowest BCUT2D eigenvalue weighted by Gasteiger charge is -2.26. The number of hydrogen-bond acceptors (Lipinski definition) is 9. The SMILES string of the molecule is CCN(CCO)S(=O)(=O)c1cc(Cl)c(-n2nc(C(C)C)c3c(=O)[nH]c(Cc4ccc(OCCN5CCOCC5)cc4)nc32)c(Cl)c1. The zero-order valence-electron chi connectivity index (χ0n) is 26.0. The first-order chi connectivity index (χ1) is 22.0. The molecule has 2 aromatic carbocycles. The van der Waals surface area contributed by atoms with E-state index in [9.17, 15) is 18.3 Å². The molecule has 15 heteroatoms. The van der Waals surface area contributed by atoms with Crippen molar-refractivity contribution in [1.82, 2.24) is 29.0 Å². The van der Waals surface area contributed by atoms with Gasteiger partial charge >= 0.3 is 0 Å². The summed E-state index contributed by atoms with van der Waals surface area (Å²) < 4.78 is 40.3. The van der Waals surface area contributed by atoms with E-state index in [1.54, 1.807) is 6.92 Å². The molecule has 3 heterocycles. The molecule has 0 spiro atoms. The van der Waals surface area contributed by atoms with Gasteiger partial charge in [0.1, 0.15) is 29.3 Å². The van der Waals surface area contributed by atoms with Crippen LogP contribution < -0.4 is 10.3 Å². The number of likely N-dealkylation sites (N-methyl/N-ethyl adjacent to an activating group) is 1. The minimum atomic E-state index is -3.98. The minimum Gasteiger partial charge on any atom is -0.492 e. The molecule has 2 aromatic heterocycles. The molecule has 248 valence electrons. The molecule has 0 atom stereocenters. The summed E-state index contributed by atoms with van der Waals surface area (Å²) in [4.78, 5) is 23.3. The van der Waals surface area contributed by atoms with E-state index in [4.69, 9.17) is 37.7 Å². The van der Waals surface area contributed by atoms with Crippen LogP contribution >= 0.6 is 23.2 Å². The zero-order chi connectivity index (χ0) is 33.0. The Morgan fingerprint density at radius 1 is 1.13 bits per heavy atom. The third-order valence-electron chi connectivity index (χ3n) is 7.78. The van der Waals surface area contributed by atoms with Crippen LogP contribution in [-0.2, 0) is 21.2 Å². The second kappa shape index (κ2) is 14.8. The summed E-state index contributed by atoms with van der Waals surface area (Å²) in [6.07, 6.45) is 0.331. The molecule has 5 rings (SSSR count). The number of nitrogens with zero attached hydrogens (tertiary/aromatic N) is 5. The van der Waals surface area contributed by atoms with Gasteiger partial charge in [-0.1, -0.05) is 56.1 Å². The average Bonchev–Trinajstić information content (AvgIpc) is 3.41. The number of nitrogens with one attached hydrogen (secondary N) is 1. The summed E-state index contributed by atoms with van der Waals surface area (Å²) in [6, 6.07) is 10.2. The summed E-state index contributed by atoms with van der Waals surface area (Å²) in [5, 5.41) is 14.3. The van der Waals surface area contributed by atoms with Gasteiger partial charge in [0.25, 0.3) is 5.56 Å². The van der Waals surface area contributed by atoms with E-state index in [2.05, 4.69) is 15.0 Å². The molecular formula is C31H38Cl2N6O6S. The second-order valence-corrected chi connectivity index (χ2v) is 14.0. The lowest BCUT2D eigenvalue weighted by molar-refractivity contribution is 0.0322. The first-order valence-electron chi connectivity index (χ1n) is 15.2. The van der Waals surface area contributed by atoms with Crippen molar-refractivity contribution < 1.29 is 23.0 Å². The van der Waals surface area contributed by atoms with Crippen LogP contribution in [0, 0.1) is 0 Å². The monoisotopic (exact) mass is 692 g/mol. The average molecular weight is 694 g/mol. The van der Waals surface area contributed by atoms with Crippen molar-refractivity contribution in [3.63, 3.8) is 0 Å². The molecule has 1 aliphatic heterocycles. The molecule has 1 saturated heterocycles. The molecule has 2 N–H and O–H groups in total. The Morgan fingerprint density at radius 2 is 1.80 bits per heavy atom. The lowest BCUT2D eigenvalue weighted by atomic mass is 10.1. The minimum absolute atomic E-state index is 0.0127. The summed E-state index contributed by atoms with van der Waals surface area (Å²) in [6.45, 7) is 9.94. The van der Waals surface area contributed by atoms with E-state index >= 15 is 0 Å². The van der Waals surface area contributed by atoms with Crippen molar-refractivity contribution in [2.45, 2.75) is 38.0 Å². The van der Waals surface area contributed by atoms with Crippen LogP contribution in [0.1, 0.15) is 43.8 Å². The van der Waals surface area contributed by atoms with E-state index in [0.29, 0.717) is 29.9 Å². The fraction of sp³-hybridized carbons (Fsp3) is 0.452. The van der Waals surface area contributed by atoms with Crippen LogP contribution in [-0.4, -0.2) is 102 Å². The van der Waals surface area contributed by atoms with Crippen LogP contribution in [0.3, 0.4) is 0 Å². The molecule has 1 aliphatic rings. The van der Waals surface area contributed by atoms with Crippen molar-refractivity contribution in [3.8, 4) is 11.4 Å². The van der Waals surface area contributed by atoms with Gasteiger partial charge in [0, 0.05) is 39.1 Å². The summed E-state index contributed by atoms with van der Waals surface area (Å²) in [5.74, 6) is 1.02. The molecule has 0 amide bonds. The summed E-state index contributed by atoms with van der Waals surface area (Å²) in [5.41, 5.74) is 1.50. The van der Waals surface area contributed by atoms with Gasteiger partial charge in [-0.3, -0.25) is 9.69 Å². The lowest BCUT2D eigenvalue weighted by Crippen LogP contribution is -2.38. The Hall–Kier alpha value is -3.04. The Morgan fingerprint density at radius 3 is 2.41 bits per heavy atom. The molecule has 0 radical (unpaired) electrons. The number of fused-ring (bicyclic) bond motifs is 1. The van der Waals surface area contributed by atoms with Crippen LogP contribution in [0.2, 0.25) is 10.0 Å². The number of benzene rings is 2. The van der Waals surface area contributed by atoms with Crippen molar-refractivity contribution in [1.29, 1.82) is 0 Å². The highest BCUT2D eigenvalue weighted by Gasteiger charge is 2.27. The van der Waals surface area contributed by atoms with Gasteiger partial charge in [-0.2, -0.15) is 9.40 Å². The highest BCUT2D eigenvalue weighted by molar-refractivity contribution is 7.89. The molecule has 4 aromatic rings. The van der Waals surface area contributed by atoms with E-state index in [-0.39, 0.29) is 57.4 Å². The molecule has 1 fully saturated rings. The zero-order valence-corrected chi connectivity index (χ0v) is 28.3. The maximum atomic E-state index is 13.4. The third-order valence-corrected chi connectivity index (χ3v) is 10.3. The molecule has 0 unspecified atom stereocenters. The standard InChI is InChI=1S/C31H38Cl2N6O6S/c1-4-38(9-13-40)46(42,43)23-18-24(32)29(25(33)19-23)39-30-27(28(36-39)20(2)3)31(41)35-26(34-30)17-21-5-7-22(8-6-21)45-16-12-37-10-14-44-15-11-37/h5-8,18-20,40H,4,9-17H2,1-3H3,(H,34,35,41). The van der Waals surface area contributed by atoms with Gasteiger partial charge in [-0.15, -0.1) is 0 Å². The van der Waals surface area contributed by atoms with Crippen molar-refractivity contribution >= 4 is 44.3 Å². The van der Waals surface area contributed by atoms with Crippen molar-refractivity contribution in [3.05, 3.63) is 73.9 Å². The van der Waals surface area contributed by atoms with Gasteiger partial charge in [0.15, 0.2) is 5.65 Å². The molecule has 0 bridgehead atoms. The predicted octanol–water partition coefficient (Wildman–Crippen LogP) is 3.84. The van der Waals surface area contributed by atoms with E-state index in [0.717, 1.165) is 48.5 Å². The number of sulfonamides is 1. The van der Waals surface area contributed by atoms with Crippen LogP contribution in [0.15, 0.2) is 46.1 Å². The van der Waals surface area contributed by atoms with Crippen molar-refractivity contribution in [2.75, 3.05) is 59.2 Å². The van der Waals surface area contributed by atoms with E-state index < -0.39 is 10.0 Å². The predicted molar refractivity (Wildman–Crippen MR) is 177 cm³/mol. The fourth-order valence-electron chi connectivity index (χ4n) is 5.36. The molecule has 0 saturated carbocycles. The fourth-order valence-corrected chi connectivity index (χ4v) is 7.63. The Bertz CT molecular complexity index is 1820. The molecule has 12 nitrogen and oxygen atoms in total. The Labute approximate surface area is 277 Å². The number of halogens is 2. The van der Waals surface area contributed by atoms with Gasteiger partial charge in [0.05, 0.1) is 40.5 Å². The van der Waals surface area contributed by atoms with E-state index in [1.165, 1.54) is 16.8 Å². The van der Waals surface area contributed by atoms with Crippen molar-refractivity contribution in [2.24, 2.45) is 0 Å². The highest BCUT2D eigenvalue weighted by atomic mass is 35.5. The first-order valence-corrected chi connectivity index (χ1v) is 17.4. The van der Waals surface area contributed by atoms with Gasteiger partial charge in [-0.25, -0.2) is 18.1 Å².